The van der Waals surface area contributed by atoms with Crippen molar-refractivity contribution in [1.82, 2.24) is 25.6 Å². The van der Waals surface area contributed by atoms with Crippen molar-refractivity contribution < 1.29 is 9.53 Å². The van der Waals surface area contributed by atoms with Gasteiger partial charge in [-0.3, -0.25) is 4.79 Å². The third-order valence-corrected chi connectivity index (χ3v) is 4.61. The van der Waals surface area contributed by atoms with Crippen LogP contribution in [0.15, 0.2) is 18.2 Å². The smallest absolute Gasteiger partial charge is 0.251 e. The monoisotopic (exact) mass is 353 g/mol. The van der Waals surface area contributed by atoms with Gasteiger partial charge in [0.2, 0.25) is 0 Å². The summed E-state index contributed by atoms with van der Waals surface area (Å²) in [4.78, 5) is 12.5. The molecule has 132 valence electrons. The SMILES string of the molecule is COCC1(CNC(=O)c2ccc3c(c2)nnn3C)CCNCC1.Cl. The van der Waals surface area contributed by atoms with Gasteiger partial charge in [0.05, 0.1) is 12.1 Å². The predicted octanol–water partition coefficient (Wildman–Crippen LogP) is 1.14. The molecule has 3 rings (SSSR count). The van der Waals surface area contributed by atoms with Crippen LogP contribution in [-0.4, -0.2) is 54.3 Å². The molecule has 0 radical (unpaired) electrons. The molecule has 2 N–H and O–H groups in total. The van der Waals surface area contributed by atoms with Crippen LogP contribution < -0.4 is 10.6 Å². The molecule has 1 aromatic heterocycles. The highest BCUT2D eigenvalue weighted by molar-refractivity contribution is 5.97. The number of methoxy groups -OCH3 is 1. The molecule has 24 heavy (non-hydrogen) atoms. The Balaban J connectivity index is 0.00000208. The van der Waals surface area contributed by atoms with Crippen molar-refractivity contribution >= 4 is 29.3 Å². The average Bonchev–Trinajstić information content (AvgIpc) is 2.94. The predicted molar refractivity (Wildman–Crippen MR) is 94.5 cm³/mol. The molecular weight excluding hydrogens is 330 g/mol. The number of hydrogen-bond donors (Lipinski definition) is 2. The number of carbonyl (C=O) groups is 1. The number of aryl methyl sites for hydroxylation is 1. The fourth-order valence-corrected chi connectivity index (χ4v) is 3.19. The lowest BCUT2D eigenvalue weighted by atomic mass is 9.79. The summed E-state index contributed by atoms with van der Waals surface area (Å²) in [6.07, 6.45) is 2.01. The van der Waals surface area contributed by atoms with E-state index in [0.29, 0.717) is 18.7 Å². The Morgan fingerprint density at radius 3 is 2.88 bits per heavy atom. The maximum atomic E-state index is 12.5. The lowest BCUT2D eigenvalue weighted by molar-refractivity contribution is 0.0512. The molecule has 2 heterocycles. The summed E-state index contributed by atoms with van der Waals surface area (Å²) in [5, 5.41) is 14.4. The number of ether oxygens (including phenoxy) is 1. The summed E-state index contributed by atoms with van der Waals surface area (Å²) in [6, 6.07) is 5.47. The molecule has 8 heteroatoms. The third-order valence-electron chi connectivity index (χ3n) is 4.61. The van der Waals surface area contributed by atoms with E-state index >= 15 is 0 Å². The molecule has 0 spiro atoms. The van der Waals surface area contributed by atoms with Crippen molar-refractivity contribution in [2.45, 2.75) is 12.8 Å². The first-order valence-corrected chi connectivity index (χ1v) is 7.91. The van der Waals surface area contributed by atoms with E-state index in [2.05, 4.69) is 20.9 Å². The molecular formula is C16H24ClN5O2. The van der Waals surface area contributed by atoms with Crippen LogP contribution in [0, 0.1) is 5.41 Å². The molecule has 0 unspecified atom stereocenters. The molecule has 0 atom stereocenters. The van der Waals surface area contributed by atoms with Gasteiger partial charge in [0.25, 0.3) is 5.91 Å². The van der Waals surface area contributed by atoms with Crippen LogP contribution >= 0.6 is 12.4 Å². The number of rotatable bonds is 5. The van der Waals surface area contributed by atoms with Gasteiger partial charge in [0, 0.05) is 31.7 Å². The van der Waals surface area contributed by atoms with E-state index in [1.807, 2.05) is 19.2 Å². The van der Waals surface area contributed by atoms with E-state index in [4.69, 9.17) is 4.74 Å². The number of hydrogen-bond acceptors (Lipinski definition) is 5. The van der Waals surface area contributed by atoms with E-state index in [1.165, 1.54) is 0 Å². The van der Waals surface area contributed by atoms with Crippen LogP contribution in [-0.2, 0) is 11.8 Å². The number of nitrogens with zero attached hydrogens (tertiary/aromatic N) is 3. The Morgan fingerprint density at radius 1 is 1.42 bits per heavy atom. The summed E-state index contributed by atoms with van der Waals surface area (Å²) < 4.78 is 7.08. The lowest BCUT2D eigenvalue weighted by Gasteiger charge is -2.37. The summed E-state index contributed by atoms with van der Waals surface area (Å²) >= 11 is 0. The molecule has 1 amide bonds. The Labute approximate surface area is 147 Å². The van der Waals surface area contributed by atoms with Crippen LogP contribution in [0.4, 0.5) is 0 Å². The van der Waals surface area contributed by atoms with Gasteiger partial charge in [-0.1, -0.05) is 5.21 Å². The third kappa shape index (κ3) is 3.85. The number of aromatic nitrogens is 3. The van der Waals surface area contributed by atoms with Gasteiger partial charge in [0.15, 0.2) is 0 Å². The lowest BCUT2D eigenvalue weighted by Crippen LogP contribution is -2.47. The van der Waals surface area contributed by atoms with Gasteiger partial charge in [0.1, 0.15) is 5.52 Å². The van der Waals surface area contributed by atoms with Crippen molar-refractivity contribution in [3.8, 4) is 0 Å². The molecule has 1 aromatic carbocycles. The second-order valence-corrected chi connectivity index (χ2v) is 6.28. The summed E-state index contributed by atoms with van der Waals surface area (Å²) in [5.41, 5.74) is 2.27. The molecule has 1 aliphatic rings. The van der Waals surface area contributed by atoms with E-state index in [1.54, 1.807) is 17.9 Å². The molecule has 0 aliphatic carbocycles. The normalized spacial score (nSPS) is 16.6. The van der Waals surface area contributed by atoms with Crippen molar-refractivity contribution in [2.75, 3.05) is 33.4 Å². The number of carbonyl (C=O) groups excluding carboxylic acids is 1. The second kappa shape index (κ2) is 7.92. The molecule has 2 aromatic rings. The van der Waals surface area contributed by atoms with Crippen LogP contribution in [0.3, 0.4) is 0 Å². The van der Waals surface area contributed by atoms with Gasteiger partial charge in [-0.15, -0.1) is 17.5 Å². The summed E-state index contributed by atoms with van der Waals surface area (Å²) in [7, 11) is 3.55. The molecule has 1 saturated heterocycles. The average molecular weight is 354 g/mol. The van der Waals surface area contributed by atoms with Gasteiger partial charge in [-0.05, 0) is 44.1 Å². The van der Waals surface area contributed by atoms with Crippen molar-refractivity contribution in [1.29, 1.82) is 0 Å². The maximum Gasteiger partial charge on any atom is 0.251 e. The van der Waals surface area contributed by atoms with E-state index in [9.17, 15) is 4.79 Å². The second-order valence-electron chi connectivity index (χ2n) is 6.28. The maximum absolute atomic E-state index is 12.5. The number of nitrogens with one attached hydrogen (secondary N) is 2. The zero-order valence-electron chi connectivity index (χ0n) is 14.0. The van der Waals surface area contributed by atoms with Crippen LogP contribution in [0.1, 0.15) is 23.2 Å². The molecule has 7 nitrogen and oxygen atoms in total. The van der Waals surface area contributed by atoms with Gasteiger partial charge in [-0.2, -0.15) is 0 Å². The zero-order valence-corrected chi connectivity index (χ0v) is 14.9. The number of benzene rings is 1. The Morgan fingerprint density at radius 2 is 2.17 bits per heavy atom. The molecule has 0 bridgehead atoms. The van der Waals surface area contributed by atoms with Crippen LogP contribution in [0.25, 0.3) is 11.0 Å². The first kappa shape index (κ1) is 18.6. The minimum atomic E-state index is -0.0773. The van der Waals surface area contributed by atoms with Gasteiger partial charge >= 0.3 is 0 Å². The minimum Gasteiger partial charge on any atom is -0.384 e. The fourth-order valence-electron chi connectivity index (χ4n) is 3.19. The highest BCUT2D eigenvalue weighted by Crippen LogP contribution is 2.28. The first-order chi connectivity index (χ1) is 11.1. The minimum absolute atomic E-state index is 0. The summed E-state index contributed by atoms with van der Waals surface area (Å²) in [6.45, 7) is 3.22. The number of amides is 1. The van der Waals surface area contributed by atoms with E-state index < -0.39 is 0 Å². The summed E-state index contributed by atoms with van der Waals surface area (Å²) in [5.74, 6) is -0.0773. The molecule has 1 fully saturated rings. The Bertz CT molecular complexity index is 691. The molecule has 0 saturated carbocycles. The first-order valence-electron chi connectivity index (χ1n) is 7.91. The fraction of sp³-hybridized carbons (Fsp3) is 0.562. The van der Waals surface area contributed by atoms with Crippen molar-refractivity contribution in [3.63, 3.8) is 0 Å². The highest BCUT2D eigenvalue weighted by atomic mass is 35.5. The largest absolute Gasteiger partial charge is 0.384 e. The van der Waals surface area contributed by atoms with Crippen LogP contribution in [0.2, 0.25) is 0 Å². The highest BCUT2D eigenvalue weighted by Gasteiger charge is 2.32. The van der Waals surface area contributed by atoms with Crippen molar-refractivity contribution in [3.05, 3.63) is 23.8 Å². The Hall–Kier alpha value is -1.70. The number of halogens is 1. The topological polar surface area (TPSA) is 81.1 Å². The molecule has 1 aliphatic heterocycles. The van der Waals surface area contributed by atoms with Gasteiger partial charge in [-0.25, -0.2) is 4.68 Å². The zero-order chi connectivity index (χ0) is 16.3. The Kier molecular flexibility index (Phi) is 6.15. The van der Waals surface area contributed by atoms with Gasteiger partial charge < -0.3 is 15.4 Å². The van der Waals surface area contributed by atoms with E-state index in [-0.39, 0.29) is 23.7 Å². The number of piperidine rings is 1. The van der Waals surface area contributed by atoms with Crippen LogP contribution in [0.5, 0.6) is 0 Å². The van der Waals surface area contributed by atoms with E-state index in [0.717, 1.165) is 37.0 Å². The van der Waals surface area contributed by atoms with Crippen molar-refractivity contribution in [2.24, 2.45) is 12.5 Å². The quantitative estimate of drug-likeness (QED) is 0.842. The standard InChI is InChI=1S/C16H23N5O2.ClH/c1-21-14-4-3-12(9-13(14)19-20-21)15(22)18-10-16(11-23-2)5-7-17-8-6-16;/h3-4,9,17H,5-8,10-11H2,1-2H3,(H,18,22);1H. The number of fused-ring (bicyclic) bond motifs is 1.